The second kappa shape index (κ2) is 6.55. The van der Waals surface area contributed by atoms with E-state index in [1.165, 1.54) is 5.56 Å². The van der Waals surface area contributed by atoms with Crippen molar-refractivity contribution in [1.29, 1.82) is 0 Å². The van der Waals surface area contributed by atoms with Crippen molar-refractivity contribution in [3.63, 3.8) is 0 Å². The summed E-state index contributed by atoms with van der Waals surface area (Å²) in [6, 6.07) is 8.36. The molecule has 0 saturated carbocycles. The molecule has 0 spiro atoms. The predicted octanol–water partition coefficient (Wildman–Crippen LogP) is 3.05. The third-order valence-electron chi connectivity index (χ3n) is 4.72. The molecule has 128 valence electrons. The van der Waals surface area contributed by atoms with E-state index in [2.05, 4.69) is 31.2 Å². The predicted molar refractivity (Wildman–Crippen MR) is 97.7 cm³/mol. The zero-order valence-corrected chi connectivity index (χ0v) is 14.2. The Morgan fingerprint density at radius 1 is 1.40 bits per heavy atom. The molecule has 4 heterocycles. The first kappa shape index (κ1) is 15.6. The molecule has 0 radical (unpaired) electrons. The van der Waals surface area contributed by atoms with Crippen molar-refractivity contribution in [3.8, 4) is 0 Å². The lowest BCUT2D eigenvalue weighted by atomic mass is 10.1. The van der Waals surface area contributed by atoms with Gasteiger partial charge in [0.2, 0.25) is 0 Å². The third kappa shape index (κ3) is 2.84. The fourth-order valence-electron chi connectivity index (χ4n) is 3.62. The van der Waals surface area contributed by atoms with Crippen LogP contribution >= 0.6 is 0 Å². The molecular formula is C19H21N5O. The lowest BCUT2D eigenvalue weighted by molar-refractivity contribution is 0.0951. The average Bonchev–Trinajstić information content (AvgIpc) is 3.29. The first-order valence-electron chi connectivity index (χ1n) is 8.70. The fourth-order valence-corrected chi connectivity index (χ4v) is 3.62. The van der Waals surface area contributed by atoms with Gasteiger partial charge in [-0.1, -0.05) is 6.07 Å². The van der Waals surface area contributed by atoms with E-state index < -0.39 is 0 Å². The van der Waals surface area contributed by atoms with Gasteiger partial charge in [0.15, 0.2) is 0 Å². The standard InChI is InChI=1S/C19H21N5O/c1-2-21-19(25)15-11-14-17(7-9-22-18(14)23-15)24-10-4-6-16(24)13-5-3-8-20-12-13/h3,5,7-9,11-12,16H,2,4,6,10H2,1H3,(H,21,25)(H,22,23). The zero-order valence-electron chi connectivity index (χ0n) is 14.2. The van der Waals surface area contributed by atoms with E-state index in [-0.39, 0.29) is 5.91 Å². The Morgan fingerprint density at radius 2 is 2.32 bits per heavy atom. The number of amides is 1. The molecule has 2 N–H and O–H groups in total. The van der Waals surface area contributed by atoms with Crippen LogP contribution in [0.5, 0.6) is 0 Å². The molecule has 25 heavy (non-hydrogen) atoms. The Morgan fingerprint density at radius 3 is 3.12 bits per heavy atom. The topological polar surface area (TPSA) is 73.9 Å². The van der Waals surface area contributed by atoms with E-state index in [0.29, 0.717) is 18.3 Å². The first-order valence-corrected chi connectivity index (χ1v) is 8.70. The third-order valence-corrected chi connectivity index (χ3v) is 4.72. The average molecular weight is 335 g/mol. The van der Waals surface area contributed by atoms with Crippen molar-refractivity contribution in [2.24, 2.45) is 0 Å². The van der Waals surface area contributed by atoms with E-state index in [1.54, 1.807) is 12.4 Å². The summed E-state index contributed by atoms with van der Waals surface area (Å²) in [7, 11) is 0. The Hall–Kier alpha value is -2.89. The molecule has 6 nitrogen and oxygen atoms in total. The molecule has 4 rings (SSSR count). The molecule has 3 aromatic rings. The fraction of sp³-hybridized carbons (Fsp3) is 0.316. The van der Waals surface area contributed by atoms with Crippen LogP contribution in [0.25, 0.3) is 11.0 Å². The van der Waals surface area contributed by atoms with E-state index in [4.69, 9.17) is 0 Å². The van der Waals surface area contributed by atoms with Crippen molar-refractivity contribution in [3.05, 3.63) is 54.1 Å². The summed E-state index contributed by atoms with van der Waals surface area (Å²) in [5, 5.41) is 3.81. The van der Waals surface area contributed by atoms with Gasteiger partial charge in [-0.25, -0.2) is 4.98 Å². The second-order valence-electron chi connectivity index (χ2n) is 6.27. The van der Waals surface area contributed by atoms with Gasteiger partial charge in [-0.2, -0.15) is 0 Å². The van der Waals surface area contributed by atoms with Crippen LogP contribution in [0.3, 0.4) is 0 Å². The van der Waals surface area contributed by atoms with Gasteiger partial charge in [0, 0.05) is 42.8 Å². The number of nitrogens with zero attached hydrogens (tertiary/aromatic N) is 3. The Bertz CT molecular complexity index is 889. The number of rotatable bonds is 4. The normalized spacial score (nSPS) is 17.2. The van der Waals surface area contributed by atoms with Crippen LogP contribution in [0.4, 0.5) is 5.69 Å². The van der Waals surface area contributed by atoms with Gasteiger partial charge in [-0.3, -0.25) is 9.78 Å². The summed E-state index contributed by atoms with van der Waals surface area (Å²) in [6.45, 7) is 3.50. The first-order chi connectivity index (χ1) is 12.3. The summed E-state index contributed by atoms with van der Waals surface area (Å²) < 4.78 is 0. The number of carbonyl (C=O) groups is 1. The van der Waals surface area contributed by atoms with Crippen LogP contribution in [0.15, 0.2) is 42.9 Å². The van der Waals surface area contributed by atoms with Gasteiger partial charge < -0.3 is 15.2 Å². The quantitative estimate of drug-likeness (QED) is 0.768. The SMILES string of the molecule is CCNC(=O)c1cc2c(N3CCCC3c3cccnc3)ccnc2[nH]1. The lowest BCUT2D eigenvalue weighted by Gasteiger charge is -2.27. The molecule has 1 atom stereocenters. The Balaban J connectivity index is 1.74. The Kier molecular flexibility index (Phi) is 4.09. The van der Waals surface area contributed by atoms with Crippen LogP contribution in [0, 0.1) is 0 Å². The van der Waals surface area contributed by atoms with Gasteiger partial charge in [0.05, 0.1) is 6.04 Å². The van der Waals surface area contributed by atoms with Gasteiger partial charge >= 0.3 is 0 Å². The summed E-state index contributed by atoms with van der Waals surface area (Å²) in [5.41, 5.74) is 3.64. The summed E-state index contributed by atoms with van der Waals surface area (Å²) in [6.07, 6.45) is 7.78. The summed E-state index contributed by atoms with van der Waals surface area (Å²) >= 11 is 0. The molecule has 6 heteroatoms. The number of carbonyl (C=O) groups excluding carboxylic acids is 1. The summed E-state index contributed by atoms with van der Waals surface area (Å²) in [5.74, 6) is -0.100. The highest BCUT2D eigenvalue weighted by atomic mass is 16.1. The van der Waals surface area contributed by atoms with Gasteiger partial charge in [0.25, 0.3) is 5.91 Å². The summed E-state index contributed by atoms with van der Waals surface area (Å²) in [4.78, 5) is 26.3. The van der Waals surface area contributed by atoms with Crippen LogP contribution < -0.4 is 10.2 Å². The van der Waals surface area contributed by atoms with Crippen molar-refractivity contribution >= 4 is 22.6 Å². The Labute approximate surface area is 146 Å². The van der Waals surface area contributed by atoms with Crippen molar-refractivity contribution < 1.29 is 4.79 Å². The number of hydrogen-bond donors (Lipinski definition) is 2. The highest BCUT2D eigenvalue weighted by Crippen LogP contribution is 2.38. The zero-order chi connectivity index (χ0) is 17.2. The van der Waals surface area contributed by atoms with Gasteiger partial charge in [-0.15, -0.1) is 0 Å². The minimum absolute atomic E-state index is 0.100. The minimum atomic E-state index is -0.100. The molecule has 0 aromatic carbocycles. The maximum Gasteiger partial charge on any atom is 0.267 e. The number of fused-ring (bicyclic) bond motifs is 1. The second-order valence-corrected chi connectivity index (χ2v) is 6.27. The van der Waals surface area contributed by atoms with E-state index in [9.17, 15) is 4.79 Å². The minimum Gasteiger partial charge on any atom is -0.364 e. The maximum absolute atomic E-state index is 12.1. The molecule has 0 aliphatic carbocycles. The number of nitrogens with one attached hydrogen (secondary N) is 2. The molecule has 0 bridgehead atoms. The van der Waals surface area contributed by atoms with Crippen LogP contribution in [-0.4, -0.2) is 33.9 Å². The molecule has 1 saturated heterocycles. The van der Waals surface area contributed by atoms with Crippen molar-refractivity contribution in [2.45, 2.75) is 25.8 Å². The number of hydrogen-bond acceptors (Lipinski definition) is 4. The number of H-pyrrole nitrogens is 1. The van der Waals surface area contributed by atoms with Crippen LogP contribution in [-0.2, 0) is 0 Å². The number of anilines is 1. The molecule has 1 aliphatic rings. The highest BCUT2D eigenvalue weighted by Gasteiger charge is 2.28. The number of pyridine rings is 2. The van der Waals surface area contributed by atoms with Crippen LogP contribution in [0.1, 0.15) is 41.9 Å². The molecule has 1 unspecified atom stereocenters. The largest absolute Gasteiger partial charge is 0.364 e. The van der Waals surface area contributed by atoms with Crippen LogP contribution in [0.2, 0.25) is 0 Å². The lowest BCUT2D eigenvalue weighted by Crippen LogP contribution is -2.23. The molecule has 1 aliphatic heterocycles. The molecular weight excluding hydrogens is 314 g/mol. The smallest absolute Gasteiger partial charge is 0.267 e. The molecule has 1 fully saturated rings. The van der Waals surface area contributed by atoms with Crippen molar-refractivity contribution in [1.82, 2.24) is 20.3 Å². The van der Waals surface area contributed by atoms with Gasteiger partial charge in [-0.05, 0) is 43.5 Å². The van der Waals surface area contributed by atoms with E-state index in [0.717, 1.165) is 36.1 Å². The number of aromatic nitrogens is 3. The van der Waals surface area contributed by atoms with Gasteiger partial charge in [0.1, 0.15) is 11.3 Å². The van der Waals surface area contributed by atoms with E-state index in [1.807, 2.05) is 31.3 Å². The van der Waals surface area contributed by atoms with E-state index >= 15 is 0 Å². The maximum atomic E-state index is 12.1. The molecule has 3 aromatic heterocycles. The number of aromatic amines is 1. The highest BCUT2D eigenvalue weighted by molar-refractivity contribution is 6.00. The molecule has 1 amide bonds. The van der Waals surface area contributed by atoms with Crippen molar-refractivity contribution in [2.75, 3.05) is 18.0 Å². The monoisotopic (exact) mass is 335 g/mol.